The van der Waals surface area contributed by atoms with Gasteiger partial charge in [0.15, 0.2) is 0 Å². The molecule has 0 aliphatic carbocycles. The fraction of sp³-hybridized carbons (Fsp3) is 0.269. The van der Waals surface area contributed by atoms with Crippen molar-refractivity contribution in [1.82, 2.24) is 5.32 Å². The zero-order valence-corrected chi connectivity index (χ0v) is 18.4. The van der Waals surface area contributed by atoms with Gasteiger partial charge in [0, 0.05) is 17.7 Å². The zero-order valence-electron chi connectivity index (χ0n) is 18.4. The van der Waals surface area contributed by atoms with E-state index in [1.54, 1.807) is 24.3 Å². The Balaban J connectivity index is 1.41. The van der Waals surface area contributed by atoms with Crippen LogP contribution in [0.5, 0.6) is 5.75 Å². The summed E-state index contributed by atoms with van der Waals surface area (Å²) in [5.41, 5.74) is 9.98. The summed E-state index contributed by atoms with van der Waals surface area (Å²) in [6.07, 6.45) is 0.0692. The molecule has 1 amide bonds. The SMILES string of the molecule is NC(=O)c1ccc(COCc2cccc(CCNC[C@H](O)c3ccc(O)c(CO)c3)c2)cc1. The maximum Gasteiger partial charge on any atom is 0.248 e. The number of rotatable bonds is 12. The number of benzene rings is 3. The van der Waals surface area contributed by atoms with Gasteiger partial charge < -0.3 is 31.1 Å². The maximum atomic E-state index is 11.1. The average molecular weight is 451 g/mol. The minimum atomic E-state index is -0.729. The van der Waals surface area contributed by atoms with Crippen LogP contribution in [-0.2, 0) is 31.0 Å². The second-order valence-corrected chi connectivity index (χ2v) is 7.89. The summed E-state index contributed by atoms with van der Waals surface area (Å²) in [7, 11) is 0. The largest absolute Gasteiger partial charge is 0.508 e. The number of nitrogens with two attached hydrogens (primary N) is 1. The second-order valence-electron chi connectivity index (χ2n) is 7.89. The predicted molar refractivity (Wildman–Crippen MR) is 125 cm³/mol. The van der Waals surface area contributed by atoms with Crippen LogP contribution >= 0.6 is 0 Å². The van der Waals surface area contributed by atoms with Crippen LogP contribution in [0, 0.1) is 0 Å². The molecule has 0 saturated heterocycles. The van der Waals surface area contributed by atoms with Crippen molar-refractivity contribution in [2.75, 3.05) is 13.1 Å². The quantitative estimate of drug-likeness (QED) is 0.270. The van der Waals surface area contributed by atoms with Gasteiger partial charge in [-0.15, -0.1) is 0 Å². The van der Waals surface area contributed by atoms with Crippen LogP contribution in [0.15, 0.2) is 66.7 Å². The number of aliphatic hydroxyl groups excluding tert-OH is 2. The number of aliphatic hydroxyl groups is 2. The van der Waals surface area contributed by atoms with Crippen molar-refractivity contribution >= 4 is 5.91 Å². The molecule has 0 bridgehead atoms. The van der Waals surface area contributed by atoms with E-state index in [1.165, 1.54) is 6.07 Å². The number of carbonyl (C=O) groups excluding carboxylic acids is 1. The molecule has 3 aromatic rings. The fourth-order valence-electron chi connectivity index (χ4n) is 3.46. The highest BCUT2D eigenvalue weighted by Gasteiger charge is 2.10. The Morgan fingerprint density at radius 3 is 2.42 bits per heavy atom. The molecule has 7 heteroatoms. The Hall–Kier alpha value is -3.23. The first kappa shape index (κ1) is 24.4. The van der Waals surface area contributed by atoms with Gasteiger partial charge in [0.25, 0.3) is 0 Å². The standard InChI is InChI=1S/C26H30N2O5/c27-26(32)21-6-4-19(5-7-21)16-33-17-20-3-1-2-18(12-20)10-11-28-14-25(31)22-8-9-24(30)23(13-22)15-29/h1-9,12-13,25,28-31H,10-11,14-17H2,(H2,27,32)/t25-/m0/s1. The average Bonchev–Trinajstić information content (AvgIpc) is 2.82. The molecule has 3 aromatic carbocycles. The lowest BCUT2D eigenvalue weighted by Gasteiger charge is -2.14. The number of phenols is 1. The normalized spacial score (nSPS) is 11.9. The first-order chi connectivity index (χ1) is 16.0. The molecule has 1 atom stereocenters. The lowest BCUT2D eigenvalue weighted by atomic mass is 10.0. The Bertz CT molecular complexity index is 1050. The molecule has 0 heterocycles. The highest BCUT2D eigenvalue weighted by atomic mass is 16.5. The van der Waals surface area contributed by atoms with Gasteiger partial charge in [0.2, 0.25) is 5.91 Å². The number of primary amides is 1. The minimum Gasteiger partial charge on any atom is -0.508 e. The highest BCUT2D eigenvalue weighted by molar-refractivity contribution is 5.92. The van der Waals surface area contributed by atoms with E-state index in [2.05, 4.69) is 17.4 Å². The van der Waals surface area contributed by atoms with E-state index < -0.39 is 12.0 Å². The summed E-state index contributed by atoms with van der Waals surface area (Å²) in [5.74, 6) is -0.425. The summed E-state index contributed by atoms with van der Waals surface area (Å²) >= 11 is 0. The van der Waals surface area contributed by atoms with E-state index in [0.29, 0.717) is 43.0 Å². The molecule has 3 rings (SSSR count). The first-order valence-electron chi connectivity index (χ1n) is 10.8. The third-order valence-electron chi connectivity index (χ3n) is 5.35. The van der Waals surface area contributed by atoms with Crippen LogP contribution in [0.4, 0.5) is 0 Å². The van der Waals surface area contributed by atoms with Gasteiger partial charge in [-0.2, -0.15) is 0 Å². The summed E-state index contributed by atoms with van der Waals surface area (Å²) in [4.78, 5) is 11.1. The second kappa shape index (κ2) is 12.1. The lowest BCUT2D eigenvalue weighted by molar-refractivity contribution is 0.0999. The van der Waals surface area contributed by atoms with Gasteiger partial charge in [-0.3, -0.25) is 4.79 Å². The van der Waals surface area contributed by atoms with Gasteiger partial charge in [-0.05, 0) is 59.5 Å². The number of ether oxygens (including phenoxy) is 1. The molecule has 0 unspecified atom stereocenters. The van der Waals surface area contributed by atoms with E-state index in [1.807, 2.05) is 24.3 Å². The molecule has 33 heavy (non-hydrogen) atoms. The van der Waals surface area contributed by atoms with E-state index >= 15 is 0 Å². The topological polar surface area (TPSA) is 125 Å². The van der Waals surface area contributed by atoms with Crippen molar-refractivity contribution in [2.24, 2.45) is 5.73 Å². The third kappa shape index (κ3) is 7.40. The molecule has 0 aliphatic rings. The van der Waals surface area contributed by atoms with Gasteiger partial charge >= 0.3 is 0 Å². The van der Waals surface area contributed by atoms with Crippen LogP contribution in [0.3, 0.4) is 0 Å². The number of nitrogens with one attached hydrogen (secondary N) is 1. The van der Waals surface area contributed by atoms with Crippen molar-refractivity contribution in [3.05, 3.63) is 100 Å². The molecule has 0 aliphatic heterocycles. The van der Waals surface area contributed by atoms with Crippen LogP contribution in [-0.4, -0.2) is 34.3 Å². The Kier molecular flexibility index (Phi) is 8.97. The molecule has 0 saturated carbocycles. The Labute approximate surface area is 193 Å². The Morgan fingerprint density at radius 2 is 1.70 bits per heavy atom. The molecule has 0 radical (unpaired) electrons. The van der Waals surface area contributed by atoms with E-state index in [4.69, 9.17) is 10.5 Å². The van der Waals surface area contributed by atoms with Gasteiger partial charge in [-0.1, -0.05) is 42.5 Å². The number of amides is 1. The lowest BCUT2D eigenvalue weighted by Crippen LogP contribution is -2.23. The number of carbonyl (C=O) groups is 1. The molecule has 0 aromatic heterocycles. The Morgan fingerprint density at radius 1 is 0.970 bits per heavy atom. The molecular weight excluding hydrogens is 420 g/mol. The van der Waals surface area contributed by atoms with Crippen molar-refractivity contribution in [2.45, 2.75) is 32.3 Å². The van der Waals surface area contributed by atoms with Crippen LogP contribution in [0.2, 0.25) is 0 Å². The van der Waals surface area contributed by atoms with Crippen molar-refractivity contribution in [3.63, 3.8) is 0 Å². The molecule has 7 nitrogen and oxygen atoms in total. The summed E-state index contributed by atoms with van der Waals surface area (Å²) < 4.78 is 5.79. The van der Waals surface area contributed by atoms with Crippen molar-refractivity contribution in [1.29, 1.82) is 0 Å². The fourth-order valence-corrected chi connectivity index (χ4v) is 3.46. The van der Waals surface area contributed by atoms with E-state index in [9.17, 15) is 20.1 Å². The van der Waals surface area contributed by atoms with Crippen LogP contribution in [0.25, 0.3) is 0 Å². The van der Waals surface area contributed by atoms with Gasteiger partial charge in [-0.25, -0.2) is 0 Å². The third-order valence-corrected chi connectivity index (χ3v) is 5.35. The van der Waals surface area contributed by atoms with Gasteiger partial charge in [0.05, 0.1) is 25.9 Å². The molecule has 6 N–H and O–H groups in total. The molecule has 0 fully saturated rings. The summed E-state index contributed by atoms with van der Waals surface area (Å²) in [6.45, 7) is 1.70. The maximum absolute atomic E-state index is 11.1. The van der Waals surface area contributed by atoms with Crippen molar-refractivity contribution < 1.29 is 24.9 Å². The minimum absolute atomic E-state index is 0.0197. The highest BCUT2D eigenvalue weighted by Crippen LogP contribution is 2.22. The monoisotopic (exact) mass is 450 g/mol. The van der Waals surface area contributed by atoms with Crippen molar-refractivity contribution in [3.8, 4) is 5.75 Å². The summed E-state index contributed by atoms with van der Waals surface area (Å²) in [5, 5.41) is 32.5. The molecule has 174 valence electrons. The van der Waals surface area contributed by atoms with E-state index in [0.717, 1.165) is 23.1 Å². The summed E-state index contributed by atoms with van der Waals surface area (Å²) in [6, 6.07) is 20.0. The molecule has 0 spiro atoms. The van der Waals surface area contributed by atoms with Gasteiger partial charge in [0.1, 0.15) is 5.75 Å². The molecular formula is C26H30N2O5. The predicted octanol–water partition coefficient (Wildman–Crippen LogP) is 2.57. The van der Waals surface area contributed by atoms with Crippen LogP contribution in [0.1, 0.15) is 44.3 Å². The zero-order chi connectivity index (χ0) is 23.6. The van der Waals surface area contributed by atoms with Crippen LogP contribution < -0.4 is 11.1 Å². The first-order valence-corrected chi connectivity index (χ1v) is 10.8. The number of hydrogen-bond donors (Lipinski definition) is 5. The number of aromatic hydroxyl groups is 1. The van der Waals surface area contributed by atoms with E-state index in [-0.39, 0.29) is 12.4 Å². The number of hydrogen-bond acceptors (Lipinski definition) is 6. The smallest absolute Gasteiger partial charge is 0.248 e.